The zero-order valence-corrected chi connectivity index (χ0v) is 26.2. The van der Waals surface area contributed by atoms with Crippen molar-refractivity contribution in [2.45, 2.75) is 6.82 Å². The van der Waals surface area contributed by atoms with Gasteiger partial charge in [0.2, 0.25) is 0 Å². The number of hydrogen-bond donors (Lipinski definition) is 1. The van der Waals surface area contributed by atoms with Crippen LogP contribution < -0.4 is 21.5 Å². The van der Waals surface area contributed by atoms with Crippen LogP contribution in [0.3, 0.4) is 0 Å². The Morgan fingerprint density at radius 1 is 0.884 bits per heavy atom. The smallest absolute Gasteiger partial charge is 0.265 e. The molecule has 0 aliphatic heterocycles. The van der Waals surface area contributed by atoms with Gasteiger partial charge in [-0.05, 0) is 41.8 Å². The number of H-pyrrole nitrogens is 1. The number of nitrogens with one attached hydrogen (secondary N) is 1. The Bertz CT molecular complexity index is 2230. The van der Waals surface area contributed by atoms with E-state index in [0.717, 1.165) is 26.3 Å². The largest absolute Gasteiger partial charge is 0.485 e. The Kier molecular flexibility index (Phi) is 9.15. The molecule has 0 saturated carbocycles. The minimum Gasteiger partial charge on any atom is -0.485 e. The number of aromatic amines is 1. The van der Waals surface area contributed by atoms with Gasteiger partial charge in [-0.3, -0.25) is 9.59 Å². The van der Waals surface area contributed by atoms with E-state index in [9.17, 15) is 9.59 Å². The Labute approximate surface area is 271 Å². The summed E-state index contributed by atoms with van der Waals surface area (Å²) >= 11 is 0. The number of para-hydroxylation sites is 1. The van der Waals surface area contributed by atoms with E-state index >= 15 is 0 Å². The molecule has 0 aliphatic carbocycles. The SMILES string of the molecule is COCCN=c1n[c-]nc(Oc2cccc(-n3c(=O)c4ccc5oc6ccccc6c6ccc(c3=O)c4c56)c2)[nH]1.[B]C.[Y]. The number of aromatic nitrogens is 4. The van der Waals surface area contributed by atoms with Crippen molar-refractivity contribution in [2.24, 2.45) is 4.99 Å². The van der Waals surface area contributed by atoms with Crippen LogP contribution in [0.4, 0.5) is 0 Å². The molecule has 0 spiro atoms. The van der Waals surface area contributed by atoms with Crippen LogP contribution >= 0.6 is 0 Å². The molecule has 7 aromatic rings. The van der Waals surface area contributed by atoms with Gasteiger partial charge in [0, 0.05) is 79.1 Å². The molecule has 0 amide bonds. The molecule has 0 aliphatic rings. The molecule has 0 fully saturated rings. The predicted molar refractivity (Wildman–Crippen MR) is 161 cm³/mol. The summed E-state index contributed by atoms with van der Waals surface area (Å²) in [7, 11) is 6.09. The van der Waals surface area contributed by atoms with Gasteiger partial charge in [-0.2, -0.15) is 0 Å². The standard InChI is InChI=1S/C30H20N5O5.CH3B.Y/c1-38-14-13-31-29-32-16-33-30(34-29)39-18-6-4-5-17(15-18)35-27(36)21-10-9-20-19-7-2-3-8-23(19)40-24-12-11-22(28(35)37)25(21)26(20)24;1-2;/h2-12,15H,13-14H2,1H3,(H,31,32,33,34);1H3;/q-1;;. The van der Waals surface area contributed by atoms with E-state index in [1.54, 1.807) is 49.6 Å². The van der Waals surface area contributed by atoms with E-state index in [1.165, 1.54) is 6.82 Å². The number of methoxy groups -OCH3 is 1. The van der Waals surface area contributed by atoms with Crippen LogP contribution in [0, 0.1) is 6.33 Å². The summed E-state index contributed by atoms with van der Waals surface area (Å²) < 4.78 is 18.1. The molecule has 0 atom stereocenters. The molecule has 209 valence electrons. The van der Waals surface area contributed by atoms with Gasteiger partial charge in [0.15, 0.2) is 6.01 Å². The van der Waals surface area contributed by atoms with Crippen molar-refractivity contribution in [1.82, 2.24) is 19.5 Å². The second-order valence-electron chi connectivity index (χ2n) is 9.12. The first kappa shape index (κ1) is 30.3. The van der Waals surface area contributed by atoms with Gasteiger partial charge < -0.3 is 33.8 Å². The van der Waals surface area contributed by atoms with E-state index in [0.29, 0.717) is 46.3 Å². The number of pyridine rings is 1. The topological polar surface area (TPSA) is 125 Å². The third kappa shape index (κ3) is 5.51. The van der Waals surface area contributed by atoms with Gasteiger partial charge in [0.05, 0.1) is 26.7 Å². The molecule has 3 heterocycles. The minimum absolute atomic E-state index is 0. The van der Waals surface area contributed by atoms with E-state index < -0.39 is 11.1 Å². The zero-order chi connectivity index (χ0) is 29.2. The van der Waals surface area contributed by atoms with Crippen LogP contribution in [-0.2, 0) is 37.4 Å². The first-order valence-corrected chi connectivity index (χ1v) is 13.1. The maximum absolute atomic E-state index is 13.8. The number of ether oxygens (including phenoxy) is 2. The van der Waals surface area contributed by atoms with E-state index in [2.05, 4.69) is 34.1 Å². The average Bonchev–Trinajstić information content (AvgIpc) is 3.02. The summed E-state index contributed by atoms with van der Waals surface area (Å²) in [5, 5.41) is 4.04. The fraction of sp³-hybridized carbons (Fsp3) is 0.129. The van der Waals surface area contributed by atoms with Gasteiger partial charge >= 0.3 is 0 Å². The number of hydrogen-bond acceptors (Lipinski definition) is 8. The van der Waals surface area contributed by atoms with Crippen molar-refractivity contribution in [3.63, 3.8) is 0 Å². The normalized spacial score (nSPS) is 11.5. The molecular formula is C31H23BN5O5Y-. The molecule has 0 saturated heterocycles. The zero-order valence-electron chi connectivity index (χ0n) is 23.3. The molecule has 1 N–H and O–H groups in total. The second-order valence-corrected chi connectivity index (χ2v) is 9.12. The van der Waals surface area contributed by atoms with Crippen molar-refractivity contribution >= 4 is 51.3 Å². The molecular weight excluding hydrogens is 622 g/mol. The Hall–Kier alpha value is -4.18. The Balaban J connectivity index is 0.00000120. The van der Waals surface area contributed by atoms with E-state index in [-0.39, 0.29) is 44.3 Å². The second kappa shape index (κ2) is 13.0. The molecule has 0 bridgehead atoms. The van der Waals surface area contributed by atoms with Crippen LogP contribution in [-0.4, -0.2) is 47.6 Å². The fourth-order valence-electron chi connectivity index (χ4n) is 5.03. The number of rotatable bonds is 6. The number of fused-ring (bicyclic) bond motifs is 2. The van der Waals surface area contributed by atoms with Gasteiger partial charge in [-0.1, -0.05) is 37.2 Å². The Morgan fingerprint density at radius 3 is 2.42 bits per heavy atom. The first-order chi connectivity index (χ1) is 20.6. The van der Waals surface area contributed by atoms with Gasteiger partial charge in [-0.25, -0.2) is 4.57 Å². The molecule has 0 unspecified atom stereocenters. The summed E-state index contributed by atoms with van der Waals surface area (Å²) in [4.78, 5) is 42.6. The van der Waals surface area contributed by atoms with Crippen molar-refractivity contribution in [1.29, 1.82) is 0 Å². The predicted octanol–water partition coefficient (Wildman–Crippen LogP) is 4.30. The minimum atomic E-state index is -0.432. The fourth-order valence-corrected chi connectivity index (χ4v) is 5.03. The summed E-state index contributed by atoms with van der Waals surface area (Å²) in [6.45, 7) is 2.34. The van der Waals surface area contributed by atoms with Crippen LogP contribution in [0.2, 0.25) is 6.82 Å². The summed E-state index contributed by atoms with van der Waals surface area (Å²) in [5.74, 6) is 0.352. The third-order valence-electron chi connectivity index (χ3n) is 6.76. The van der Waals surface area contributed by atoms with E-state index in [4.69, 9.17) is 13.9 Å². The number of nitrogens with zero attached hydrogens (tertiary/aromatic N) is 4. The molecule has 3 radical (unpaired) electrons. The first-order valence-electron chi connectivity index (χ1n) is 13.1. The van der Waals surface area contributed by atoms with Crippen LogP contribution in [0.25, 0.3) is 49.2 Å². The summed E-state index contributed by atoms with van der Waals surface area (Å²) in [5.41, 5.74) is 1.12. The summed E-state index contributed by atoms with van der Waals surface area (Å²) in [6.07, 6.45) is 2.50. The summed E-state index contributed by atoms with van der Waals surface area (Å²) in [6, 6.07) is 21.7. The number of benzene rings is 4. The maximum Gasteiger partial charge on any atom is 0.265 e. The quantitative estimate of drug-likeness (QED) is 0.0941. The van der Waals surface area contributed by atoms with Crippen LogP contribution in [0.15, 0.2) is 91.8 Å². The average molecular weight is 645 g/mol. The molecule has 12 heteroatoms. The van der Waals surface area contributed by atoms with Crippen LogP contribution in [0.5, 0.6) is 11.8 Å². The molecule has 10 nitrogen and oxygen atoms in total. The Morgan fingerprint density at radius 2 is 1.63 bits per heavy atom. The van der Waals surface area contributed by atoms with Gasteiger partial charge in [0.1, 0.15) is 22.5 Å². The monoisotopic (exact) mass is 645 g/mol. The maximum atomic E-state index is 13.8. The van der Waals surface area contributed by atoms with Crippen molar-refractivity contribution < 1.29 is 46.6 Å². The molecule has 7 rings (SSSR count). The third-order valence-corrected chi connectivity index (χ3v) is 6.76. The van der Waals surface area contributed by atoms with Crippen molar-refractivity contribution in [3.05, 3.63) is 105 Å². The van der Waals surface area contributed by atoms with Gasteiger partial charge in [0.25, 0.3) is 11.1 Å². The molecule has 4 aromatic carbocycles. The van der Waals surface area contributed by atoms with Crippen molar-refractivity contribution in [3.8, 4) is 17.4 Å². The van der Waals surface area contributed by atoms with Gasteiger partial charge in [-0.15, -0.1) is 0 Å². The van der Waals surface area contributed by atoms with Crippen LogP contribution in [0.1, 0.15) is 0 Å². The molecule has 43 heavy (non-hydrogen) atoms. The van der Waals surface area contributed by atoms with E-state index in [1.807, 2.05) is 30.3 Å². The van der Waals surface area contributed by atoms with Crippen molar-refractivity contribution in [2.75, 3.05) is 20.3 Å². The molecule has 3 aromatic heterocycles.